The van der Waals surface area contributed by atoms with Crippen LogP contribution >= 0.6 is 15.9 Å². The number of rotatable bonds is 7. The first kappa shape index (κ1) is 21.0. The molecule has 2 aromatic carbocycles. The van der Waals surface area contributed by atoms with Gasteiger partial charge in [-0.2, -0.15) is 20.1 Å². The fraction of sp³-hybridized carbons (Fsp3) is 0.238. The van der Waals surface area contributed by atoms with Gasteiger partial charge in [0, 0.05) is 28.8 Å². The number of halogens is 1. The molecule has 1 aromatic heterocycles. The first-order valence-corrected chi connectivity index (χ1v) is 10.5. The van der Waals surface area contributed by atoms with Crippen molar-refractivity contribution in [2.45, 2.75) is 0 Å². The summed E-state index contributed by atoms with van der Waals surface area (Å²) in [5.41, 5.74) is 4.61. The van der Waals surface area contributed by atoms with E-state index in [1.165, 1.54) is 0 Å². The van der Waals surface area contributed by atoms with E-state index in [-0.39, 0.29) is 0 Å². The molecule has 160 valence electrons. The highest BCUT2D eigenvalue weighted by Crippen LogP contribution is 2.22. The number of morpholine rings is 1. The first-order valence-electron chi connectivity index (χ1n) is 9.75. The van der Waals surface area contributed by atoms with Gasteiger partial charge in [-0.05, 0) is 30.3 Å². The van der Waals surface area contributed by atoms with Crippen LogP contribution in [0.3, 0.4) is 0 Å². The fourth-order valence-corrected chi connectivity index (χ4v) is 3.37. The lowest BCUT2D eigenvalue weighted by Crippen LogP contribution is -2.37. The molecule has 4 rings (SSSR count). The highest BCUT2D eigenvalue weighted by Gasteiger charge is 2.16. The molecule has 2 N–H and O–H groups in total. The molecule has 0 spiro atoms. The Hall–Kier alpha value is -3.24. The summed E-state index contributed by atoms with van der Waals surface area (Å²) >= 11 is 3.46. The molecule has 10 heteroatoms. The van der Waals surface area contributed by atoms with Crippen LogP contribution in [0.5, 0.6) is 5.75 Å². The van der Waals surface area contributed by atoms with Crippen molar-refractivity contribution in [1.82, 2.24) is 15.0 Å². The Labute approximate surface area is 188 Å². The minimum atomic E-state index is 0.333. The maximum Gasteiger partial charge on any atom is 0.250 e. The molecule has 1 aliphatic rings. The number of hydrogen-bond donors (Lipinski definition) is 2. The third-order valence-electron chi connectivity index (χ3n) is 4.51. The average molecular weight is 484 g/mol. The van der Waals surface area contributed by atoms with E-state index >= 15 is 0 Å². The summed E-state index contributed by atoms with van der Waals surface area (Å²) in [6, 6.07) is 15.4. The lowest BCUT2D eigenvalue weighted by molar-refractivity contribution is 0.122. The minimum absolute atomic E-state index is 0.333. The zero-order chi connectivity index (χ0) is 21.5. The van der Waals surface area contributed by atoms with Crippen molar-refractivity contribution >= 4 is 45.7 Å². The molecule has 0 saturated carbocycles. The van der Waals surface area contributed by atoms with Crippen LogP contribution in [0.15, 0.2) is 58.1 Å². The number of ether oxygens (including phenoxy) is 2. The van der Waals surface area contributed by atoms with Crippen LogP contribution in [0.4, 0.5) is 23.5 Å². The average Bonchev–Trinajstić information content (AvgIpc) is 2.80. The van der Waals surface area contributed by atoms with Gasteiger partial charge in [0.1, 0.15) is 5.75 Å². The van der Waals surface area contributed by atoms with E-state index in [1.54, 1.807) is 13.3 Å². The molecule has 0 bridgehead atoms. The van der Waals surface area contributed by atoms with Gasteiger partial charge in [0.25, 0.3) is 0 Å². The number of nitrogens with zero attached hydrogens (tertiary/aromatic N) is 5. The molecule has 1 fully saturated rings. The lowest BCUT2D eigenvalue weighted by atomic mass is 10.2. The maximum absolute atomic E-state index is 5.44. The second-order valence-electron chi connectivity index (χ2n) is 6.63. The second-order valence-corrected chi connectivity index (χ2v) is 7.55. The van der Waals surface area contributed by atoms with E-state index in [0.29, 0.717) is 49.9 Å². The van der Waals surface area contributed by atoms with Crippen molar-refractivity contribution in [3.05, 3.63) is 58.6 Å². The lowest BCUT2D eigenvalue weighted by Gasteiger charge is -2.27. The van der Waals surface area contributed by atoms with E-state index in [1.807, 2.05) is 48.5 Å². The summed E-state index contributed by atoms with van der Waals surface area (Å²) in [6.07, 6.45) is 1.66. The van der Waals surface area contributed by atoms with Crippen molar-refractivity contribution in [2.24, 2.45) is 5.10 Å². The molecule has 0 radical (unpaired) electrons. The summed E-state index contributed by atoms with van der Waals surface area (Å²) in [5, 5.41) is 7.52. The van der Waals surface area contributed by atoms with Gasteiger partial charge in [-0.3, -0.25) is 0 Å². The van der Waals surface area contributed by atoms with Gasteiger partial charge in [-0.1, -0.05) is 34.1 Å². The van der Waals surface area contributed by atoms with E-state index in [4.69, 9.17) is 9.47 Å². The third kappa shape index (κ3) is 5.68. The predicted molar refractivity (Wildman–Crippen MR) is 124 cm³/mol. The Kier molecular flexibility index (Phi) is 6.90. The molecule has 0 aliphatic carbocycles. The molecule has 0 amide bonds. The van der Waals surface area contributed by atoms with Crippen molar-refractivity contribution in [2.75, 3.05) is 49.1 Å². The smallest absolute Gasteiger partial charge is 0.250 e. The predicted octanol–water partition coefficient (Wildman–Crippen LogP) is 3.67. The Balaban J connectivity index is 1.58. The van der Waals surface area contributed by atoms with Gasteiger partial charge in [0.2, 0.25) is 17.8 Å². The standard InChI is InChI=1S/C21H22BrN7O2/c1-30-18-8-7-16(22)13-15(18)14-23-28-20-25-19(24-17-5-3-2-4-6-17)26-21(27-20)29-9-11-31-12-10-29/h2-8,13-14H,9-12H2,1H3,(H2,24,25,26,27,28)/b23-14-. The Morgan fingerprint density at radius 3 is 2.61 bits per heavy atom. The number of hydrogen-bond acceptors (Lipinski definition) is 9. The van der Waals surface area contributed by atoms with Gasteiger partial charge in [0.15, 0.2) is 0 Å². The van der Waals surface area contributed by atoms with Crippen LogP contribution in [0.2, 0.25) is 0 Å². The maximum atomic E-state index is 5.44. The first-order chi connectivity index (χ1) is 15.2. The van der Waals surface area contributed by atoms with E-state index in [9.17, 15) is 0 Å². The monoisotopic (exact) mass is 483 g/mol. The van der Waals surface area contributed by atoms with Crippen LogP contribution in [0, 0.1) is 0 Å². The Bertz CT molecular complexity index is 1040. The van der Waals surface area contributed by atoms with Crippen LogP contribution in [-0.4, -0.2) is 54.6 Å². The highest BCUT2D eigenvalue weighted by atomic mass is 79.9. The van der Waals surface area contributed by atoms with E-state index < -0.39 is 0 Å². The second kappa shape index (κ2) is 10.2. The summed E-state index contributed by atoms with van der Waals surface area (Å²) < 4.78 is 11.7. The molecular formula is C21H22BrN7O2. The summed E-state index contributed by atoms with van der Waals surface area (Å²) in [6.45, 7) is 2.70. The summed E-state index contributed by atoms with van der Waals surface area (Å²) in [5.74, 6) is 2.04. The molecule has 9 nitrogen and oxygen atoms in total. The molecule has 0 atom stereocenters. The molecule has 0 unspecified atom stereocenters. The normalized spacial score (nSPS) is 13.9. The highest BCUT2D eigenvalue weighted by molar-refractivity contribution is 9.10. The quantitative estimate of drug-likeness (QED) is 0.388. The third-order valence-corrected chi connectivity index (χ3v) is 5.00. The van der Waals surface area contributed by atoms with Gasteiger partial charge >= 0.3 is 0 Å². The van der Waals surface area contributed by atoms with Crippen molar-refractivity contribution in [3.63, 3.8) is 0 Å². The van der Waals surface area contributed by atoms with Gasteiger partial charge in [0.05, 0.1) is 26.5 Å². The Morgan fingerprint density at radius 2 is 1.84 bits per heavy atom. The van der Waals surface area contributed by atoms with Crippen molar-refractivity contribution in [3.8, 4) is 5.75 Å². The SMILES string of the molecule is COc1ccc(Br)cc1/C=N\Nc1nc(Nc2ccccc2)nc(N2CCOCC2)n1. The van der Waals surface area contributed by atoms with Crippen molar-refractivity contribution in [1.29, 1.82) is 0 Å². The van der Waals surface area contributed by atoms with E-state index in [2.05, 4.69) is 51.6 Å². The van der Waals surface area contributed by atoms with E-state index in [0.717, 1.165) is 15.7 Å². The number of anilines is 4. The molecule has 2 heterocycles. The summed E-state index contributed by atoms with van der Waals surface area (Å²) in [4.78, 5) is 15.6. The molecule has 31 heavy (non-hydrogen) atoms. The molecular weight excluding hydrogens is 462 g/mol. The topological polar surface area (TPSA) is 96.8 Å². The molecule has 1 saturated heterocycles. The number of methoxy groups -OCH3 is 1. The van der Waals surface area contributed by atoms with Crippen LogP contribution in [-0.2, 0) is 4.74 Å². The van der Waals surface area contributed by atoms with Crippen LogP contribution in [0.25, 0.3) is 0 Å². The van der Waals surface area contributed by atoms with Gasteiger partial charge in [-0.25, -0.2) is 5.43 Å². The van der Waals surface area contributed by atoms with Crippen molar-refractivity contribution < 1.29 is 9.47 Å². The van der Waals surface area contributed by atoms with Gasteiger partial charge in [-0.15, -0.1) is 0 Å². The summed E-state index contributed by atoms with van der Waals surface area (Å²) in [7, 11) is 1.62. The number of benzene rings is 2. The van der Waals surface area contributed by atoms with Crippen LogP contribution in [0.1, 0.15) is 5.56 Å². The fourth-order valence-electron chi connectivity index (χ4n) is 2.99. The van der Waals surface area contributed by atoms with Gasteiger partial charge < -0.3 is 19.7 Å². The number of aromatic nitrogens is 3. The van der Waals surface area contributed by atoms with Crippen LogP contribution < -0.4 is 20.4 Å². The minimum Gasteiger partial charge on any atom is -0.496 e. The zero-order valence-electron chi connectivity index (χ0n) is 17.0. The number of para-hydroxylation sites is 1. The Morgan fingerprint density at radius 1 is 1.06 bits per heavy atom. The zero-order valence-corrected chi connectivity index (χ0v) is 18.5. The number of hydrazone groups is 1. The molecule has 1 aliphatic heterocycles. The number of nitrogens with one attached hydrogen (secondary N) is 2. The molecule has 3 aromatic rings. The largest absolute Gasteiger partial charge is 0.496 e.